The van der Waals surface area contributed by atoms with Crippen molar-refractivity contribution in [2.24, 2.45) is 5.10 Å². The van der Waals surface area contributed by atoms with Crippen LogP contribution in [0.15, 0.2) is 47.6 Å². The van der Waals surface area contributed by atoms with Crippen LogP contribution in [0.5, 0.6) is 0 Å². The van der Waals surface area contributed by atoms with Crippen molar-refractivity contribution in [1.82, 2.24) is 5.43 Å². The Labute approximate surface area is 154 Å². The first-order valence-corrected chi connectivity index (χ1v) is 7.98. The summed E-state index contributed by atoms with van der Waals surface area (Å²) in [5.41, 5.74) is 5.68. The van der Waals surface area contributed by atoms with E-state index in [0.717, 1.165) is 11.1 Å². The van der Waals surface area contributed by atoms with E-state index in [9.17, 15) is 22.8 Å². The topological polar surface area (TPSA) is 70.6 Å². The lowest BCUT2D eigenvalue weighted by Crippen LogP contribution is -2.29. The molecule has 0 radical (unpaired) electrons. The number of carbonyl (C=O) groups excluding carboxylic acids is 2. The molecule has 0 saturated heterocycles. The molecular formula is C19H18F3N3O2. The van der Waals surface area contributed by atoms with E-state index in [1.807, 2.05) is 19.9 Å². The molecule has 0 aliphatic rings. The minimum atomic E-state index is -4.97. The predicted molar refractivity (Wildman–Crippen MR) is 96.7 cm³/mol. The van der Waals surface area contributed by atoms with Crippen molar-refractivity contribution < 1.29 is 22.8 Å². The van der Waals surface area contributed by atoms with Gasteiger partial charge >= 0.3 is 12.1 Å². The standard InChI is InChI=1S/C19H18F3N3O2/c1-11-7-8-15(9-12(11)2)17(26)25-24-13(3)14-5-4-6-16(10-14)23-18(27)19(20,21)22/h4-10H,1-3H3,(H,23,27)(H,25,26)/b24-13-. The Balaban J connectivity index is 2.11. The molecule has 0 fully saturated rings. The highest BCUT2D eigenvalue weighted by atomic mass is 19.4. The number of nitrogens with one attached hydrogen (secondary N) is 2. The van der Waals surface area contributed by atoms with E-state index in [-0.39, 0.29) is 5.69 Å². The lowest BCUT2D eigenvalue weighted by molar-refractivity contribution is -0.167. The van der Waals surface area contributed by atoms with Crippen molar-refractivity contribution >= 4 is 23.2 Å². The Morgan fingerprint density at radius 3 is 2.30 bits per heavy atom. The van der Waals surface area contributed by atoms with Crippen LogP contribution in [0.3, 0.4) is 0 Å². The molecule has 5 nitrogen and oxygen atoms in total. The number of benzene rings is 2. The van der Waals surface area contributed by atoms with Gasteiger partial charge < -0.3 is 5.32 Å². The van der Waals surface area contributed by atoms with Gasteiger partial charge in [-0.2, -0.15) is 18.3 Å². The van der Waals surface area contributed by atoms with Crippen LogP contribution in [0.1, 0.15) is 34.0 Å². The van der Waals surface area contributed by atoms with Crippen LogP contribution in [0, 0.1) is 13.8 Å². The van der Waals surface area contributed by atoms with E-state index >= 15 is 0 Å². The number of carbonyl (C=O) groups is 2. The summed E-state index contributed by atoms with van der Waals surface area (Å²) in [7, 11) is 0. The summed E-state index contributed by atoms with van der Waals surface area (Å²) in [5.74, 6) is -2.46. The number of alkyl halides is 3. The molecule has 0 aliphatic carbocycles. The first-order valence-electron chi connectivity index (χ1n) is 7.98. The summed E-state index contributed by atoms with van der Waals surface area (Å²) in [6.45, 7) is 5.41. The molecule has 27 heavy (non-hydrogen) atoms. The highest BCUT2D eigenvalue weighted by Gasteiger charge is 2.38. The molecule has 2 N–H and O–H groups in total. The van der Waals surface area contributed by atoms with Crippen LogP contribution in [-0.2, 0) is 4.79 Å². The highest BCUT2D eigenvalue weighted by molar-refractivity contribution is 6.02. The number of nitrogens with zero attached hydrogens (tertiary/aromatic N) is 1. The fourth-order valence-electron chi connectivity index (χ4n) is 2.17. The average Bonchev–Trinajstić information content (AvgIpc) is 2.61. The molecule has 2 aromatic rings. The molecule has 0 atom stereocenters. The Hall–Kier alpha value is -3.16. The maximum absolute atomic E-state index is 12.3. The van der Waals surface area contributed by atoms with Gasteiger partial charge in [0.05, 0.1) is 5.71 Å². The second-order valence-electron chi connectivity index (χ2n) is 5.97. The number of amides is 2. The maximum atomic E-state index is 12.3. The summed E-state index contributed by atoms with van der Waals surface area (Å²) in [6, 6.07) is 11.0. The molecular weight excluding hydrogens is 359 g/mol. The van der Waals surface area contributed by atoms with Crippen molar-refractivity contribution in [3.63, 3.8) is 0 Å². The van der Waals surface area contributed by atoms with Gasteiger partial charge in [-0.1, -0.05) is 18.2 Å². The fraction of sp³-hybridized carbons (Fsp3) is 0.211. The number of hydrazone groups is 1. The molecule has 0 bridgehead atoms. The average molecular weight is 377 g/mol. The number of hydrogen-bond donors (Lipinski definition) is 2. The number of halogens is 3. The molecule has 142 valence electrons. The molecule has 0 spiro atoms. The quantitative estimate of drug-likeness (QED) is 0.625. The van der Waals surface area contributed by atoms with E-state index in [2.05, 4.69) is 10.5 Å². The Morgan fingerprint density at radius 2 is 1.67 bits per heavy atom. The molecule has 0 saturated carbocycles. The summed E-state index contributed by atoms with van der Waals surface area (Å²) < 4.78 is 37.0. The van der Waals surface area contributed by atoms with Crippen LogP contribution in [0.25, 0.3) is 0 Å². The number of anilines is 1. The Morgan fingerprint density at radius 1 is 0.963 bits per heavy atom. The van der Waals surface area contributed by atoms with E-state index in [1.165, 1.54) is 18.2 Å². The van der Waals surface area contributed by atoms with Crippen molar-refractivity contribution in [3.05, 3.63) is 64.7 Å². The maximum Gasteiger partial charge on any atom is 0.471 e. The lowest BCUT2D eigenvalue weighted by Gasteiger charge is -2.09. The Bertz CT molecular complexity index is 905. The largest absolute Gasteiger partial charge is 0.471 e. The molecule has 2 amide bonds. The molecule has 8 heteroatoms. The van der Waals surface area contributed by atoms with E-state index in [0.29, 0.717) is 16.8 Å². The SMILES string of the molecule is C/C(=N/NC(=O)c1ccc(C)c(C)c1)c1cccc(NC(=O)C(F)(F)F)c1. The van der Waals surface area contributed by atoms with Crippen molar-refractivity contribution in [3.8, 4) is 0 Å². The van der Waals surface area contributed by atoms with Crippen LogP contribution in [-0.4, -0.2) is 23.7 Å². The van der Waals surface area contributed by atoms with Crippen LogP contribution in [0.4, 0.5) is 18.9 Å². The second kappa shape index (κ2) is 8.03. The number of rotatable bonds is 4. The molecule has 0 aliphatic heterocycles. The van der Waals surface area contributed by atoms with Gasteiger partial charge in [0.2, 0.25) is 0 Å². The van der Waals surface area contributed by atoms with Crippen molar-refractivity contribution in [2.45, 2.75) is 26.9 Å². The van der Waals surface area contributed by atoms with Gasteiger partial charge in [-0.05, 0) is 61.7 Å². The summed E-state index contributed by atoms with van der Waals surface area (Å²) >= 11 is 0. The number of aryl methyl sites for hydroxylation is 2. The first-order chi connectivity index (χ1) is 12.6. The van der Waals surface area contributed by atoms with Crippen molar-refractivity contribution in [1.29, 1.82) is 0 Å². The highest BCUT2D eigenvalue weighted by Crippen LogP contribution is 2.19. The predicted octanol–water partition coefficient (Wildman–Crippen LogP) is 3.96. The minimum Gasteiger partial charge on any atom is -0.318 e. The zero-order chi connectivity index (χ0) is 20.2. The zero-order valence-corrected chi connectivity index (χ0v) is 14.9. The fourth-order valence-corrected chi connectivity index (χ4v) is 2.17. The third-order valence-electron chi connectivity index (χ3n) is 3.89. The smallest absolute Gasteiger partial charge is 0.318 e. The van der Waals surface area contributed by atoms with E-state index < -0.39 is 18.0 Å². The van der Waals surface area contributed by atoms with Gasteiger partial charge in [0.25, 0.3) is 5.91 Å². The minimum absolute atomic E-state index is 0.0233. The van der Waals surface area contributed by atoms with Crippen LogP contribution >= 0.6 is 0 Å². The second-order valence-corrected chi connectivity index (χ2v) is 5.97. The van der Waals surface area contributed by atoms with Gasteiger partial charge in [0.15, 0.2) is 0 Å². The normalized spacial score (nSPS) is 11.9. The van der Waals surface area contributed by atoms with Gasteiger partial charge in [-0.15, -0.1) is 0 Å². The first kappa shape index (κ1) is 20.2. The molecule has 2 aromatic carbocycles. The van der Waals surface area contributed by atoms with Crippen molar-refractivity contribution in [2.75, 3.05) is 5.32 Å². The van der Waals surface area contributed by atoms with E-state index in [1.54, 1.807) is 30.4 Å². The van der Waals surface area contributed by atoms with E-state index in [4.69, 9.17) is 0 Å². The van der Waals surface area contributed by atoms with Gasteiger partial charge in [-0.3, -0.25) is 9.59 Å². The number of hydrogen-bond acceptors (Lipinski definition) is 3. The zero-order valence-electron chi connectivity index (χ0n) is 14.9. The molecule has 0 heterocycles. The summed E-state index contributed by atoms with van der Waals surface area (Å²) in [5, 5.41) is 5.75. The third kappa shape index (κ3) is 5.40. The monoisotopic (exact) mass is 377 g/mol. The van der Waals surface area contributed by atoms with Gasteiger partial charge in [-0.25, -0.2) is 5.43 Å². The lowest BCUT2D eigenvalue weighted by atomic mass is 10.1. The Kier molecular flexibility index (Phi) is 5.99. The van der Waals surface area contributed by atoms with Gasteiger partial charge in [0.1, 0.15) is 0 Å². The summed E-state index contributed by atoms with van der Waals surface area (Å²) in [4.78, 5) is 23.2. The summed E-state index contributed by atoms with van der Waals surface area (Å²) in [6.07, 6.45) is -4.97. The van der Waals surface area contributed by atoms with Gasteiger partial charge in [0, 0.05) is 11.3 Å². The van der Waals surface area contributed by atoms with Crippen LogP contribution in [0.2, 0.25) is 0 Å². The molecule has 2 rings (SSSR count). The third-order valence-corrected chi connectivity index (χ3v) is 3.89. The molecule has 0 unspecified atom stereocenters. The van der Waals surface area contributed by atoms with Crippen LogP contribution < -0.4 is 10.7 Å². The molecule has 0 aromatic heterocycles.